The summed E-state index contributed by atoms with van der Waals surface area (Å²) >= 11 is 6.30. The van der Waals surface area contributed by atoms with Crippen LogP contribution in [0.4, 0.5) is 0 Å². The minimum absolute atomic E-state index is 0.324. The van der Waals surface area contributed by atoms with Crippen LogP contribution in [0.15, 0.2) is 17.1 Å². The minimum Gasteiger partial charge on any atom is -0.489 e. The number of ether oxygens (including phenoxy) is 2. The van der Waals surface area contributed by atoms with Gasteiger partial charge in [-0.05, 0) is 38.5 Å². The number of halogens is 1. The summed E-state index contributed by atoms with van der Waals surface area (Å²) in [6, 6.07) is 4.16. The van der Waals surface area contributed by atoms with Crippen molar-refractivity contribution >= 4 is 17.6 Å². The first kappa shape index (κ1) is 16.7. The summed E-state index contributed by atoms with van der Waals surface area (Å²) in [5.74, 6) is 2.14. The molecule has 122 valence electrons. The van der Waals surface area contributed by atoms with Gasteiger partial charge in [0.2, 0.25) is 0 Å². The molecule has 0 radical (unpaired) electrons. The molecule has 0 spiro atoms. The number of rotatable bonds is 4. The highest BCUT2D eigenvalue weighted by molar-refractivity contribution is 6.32. The Bertz CT molecular complexity index is 532. The third-order valence-electron chi connectivity index (χ3n) is 3.05. The average Bonchev–Trinajstić information content (AvgIpc) is 2.70. The summed E-state index contributed by atoms with van der Waals surface area (Å²) in [6.07, 6.45) is 0.862. The van der Waals surface area contributed by atoms with E-state index in [2.05, 4.69) is 29.5 Å². The number of guanidine groups is 1. The molecule has 0 amide bonds. The molecule has 0 bridgehead atoms. The van der Waals surface area contributed by atoms with Gasteiger partial charge in [0.15, 0.2) is 17.5 Å². The lowest BCUT2D eigenvalue weighted by atomic mass is 10.2. The predicted octanol–water partition coefficient (Wildman–Crippen LogP) is 2.96. The van der Waals surface area contributed by atoms with Gasteiger partial charge in [-0.2, -0.15) is 0 Å². The number of benzene rings is 1. The van der Waals surface area contributed by atoms with Gasteiger partial charge in [-0.15, -0.1) is 0 Å². The highest BCUT2D eigenvalue weighted by Crippen LogP contribution is 2.38. The molecule has 0 fully saturated rings. The smallest absolute Gasteiger partial charge is 0.191 e. The lowest BCUT2D eigenvalue weighted by molar-refractivity contribution is 0.297. The van der Waals surface area contributed by atoms with E-state index in [0.717, 1.165) is 24.5 Å². The van der Waals surface area contributed by atoms with Crippen LogP contribution in [0.5, 0.6) is 11.5 Å². The summed E-state index contributed by atoms with van der Waals surface area (Å²) in [7, 11) is 0. The molecule has 1 aliphatic rings. The van der Waals surface area contributed by atoms with Crippen LogP contribution >= 0.6 is 11.6 Å². The van der Waals surface area contributed by atoms with Crippen molar-refractivity contribution in [3.8, 4) is 11.5 Å². The van der Waals surface area contributed by atoms with Crippen LogP contribution in [-0.2, 0) is 6.54 Å². The Morgan fingerprint density at radius 2 is 2.09 bits per heavy atom. The zero-order valence-electron chi connectivity index (χ0n) is 13.4. The van der Waals surface area contributed by atoms with Crippen molar-refractivity contribution in [1.82, 2.24) is 10.6 Å². The largest absolute Gasteiger partial charge is 0.489 e. The zero-order chi connectivity index (χ0) is 15.9. The van der Waals surface area contributed by atoms with Crippen molar-refractivity contribution in [2.24, 2.45) is 4.99 Å². The Morgan fingerprint density at radius 1 is 1.32 bits per heavy atom. The van der Waals surface area contributed by atoms with Crippen molar-refractivity contribution in [3.05, 3.63) is 22.7 Å². The van der Waals surface area contributed by atoms with E-state index in [1.54, 1.807) is 0 Å². The van der Waals surface area contributed by atoms with Crippen LogP contribution in [0.3, 0.4) is 0 Å². The molecule has 0 aromatic heterocycles. The zero-order valence-corrected chi connectivity index (χ0v) is 14.2. The quantitative estimate of drug-likeness (QED) is 0.660. The predicted molar refractivity (Wildman–Crippen MR) is 90.1 cm³/mol. The van der Waals surface area contributed by atoms with Crippen LogP contribution in [0.25, 0.3) is 0 Å². The van der Waals surface area contributed by atoms with Crippen LogP contribution in [0.2, 0.25) is 5.02 Å². The fourth-order valence-corrected chi connectivity index (χ4v) is 2.43. The van der Waals surface area contributed by atoms with Gasteiger partial charge in [0.25, 0.3) is 0 Å². The monoisotopic (exact) mass is 325 g/mol. The molecule has 0 saturated heterocycles. The van der Waals surface area contributed by atoms with Gasteiger partial charge < -0.3 is 20.1 Å². The molecule has 0 atom stereocenters. The Morgan fingerprint density at radius 3 is 2.82 bits per heavy atom. The minimum atomic E-state index is 0.324. The summed E-state index contributed by atoms with van der Waals surface area (Å²) in [5, 5.41) is 7.08. The summed E-state index contributed by atoms with van der Waals surface area (Å²) < 4.78 is 11.3. The second-order valence-corrected chi connectivity index (χ2v) is 5.86. The number of nitrogens with one attached hydrogen (secondary N) is 2. The molecule has 0 aliphatic carbocycles. The molecule has 2 N–H and O–H groups in total. The van der Waals surface area contributed by atoms with Gasteiger partial charge in [-0.3, -0.25) is 0 Å². The normalized spacial score (nSPS) is 14.7. The molecule has 1 aromatic rings. The van der Waals surface area contributed by atoms with E-state index in [0.29, 0.717) is 42.3 Å². The van der Waals surface area contributed by atoms with Crippen molar-refractivity contribution < 1.29 is 9.47 Å². The lowest BCUT2D eigenvalue weighted by Gasteiger charge is -2.14. The Labute approximate surface area is 137 Å². The first-order valence-electron chi connectivity index (χ1n) is 7.73. The summed E-state index contributed by atoms with van der Waals surface area (Å²) in [4.78, 5) is 4.58. The van der Waals surface area contributed by atoms with Crippen LogP contribution in [0.1, 0.15) is 32.8 Å². The summed E-state index contributed by atoms with van der Waals surface area (Å²) in [5.41, 5.74) is 0.996. The second-order valence-electron chi connectivity index (χ2n) is 5.45. The Kier molecular flexibility index (Phi) is 6.19. The van der Waals surface area contributed by atoms with Gasteiger partial charge in [0.05, 0.1) is 24.8 Å². The molecule has 1 aromatic carbocycles. The first-order valence-corrected chi connectivity index (χ1v) is 8.10. The standard InChI is InChI=1S/C16H24ClN3O2/c1-4-18-16(20-11(2)3)19-10-12-8-13(17)15-14(9-12)21-6-5-7-22-15/h8-9,11H,4-7,10H2,1-3H3,(H2,18,19,20). The van der Waals surface area contributed by atoms with Gasteiger partial charge in [-0.1, -0.05) is 11.6 Å². The number of fused-ring (bicyclic) bond motifs is 1. The number of aliphatic imine (C=N–C) groups is 1. The van der Waals surface area contributed by atoms with E-state index in [1.165, 1.54) is 0 Å². The molecule has 1 aliphatic heterocycles. The third kappa shape index (κ3) is 4.70. The van der Waals surface area contributed by atoms with Crippen molar-refractivity contribution in [2.45, 2.75) is 39.8 Å². The fourth-order valence-electron chi connectivity index (χ4n) is 2.14. The fraction of sp³-hybridized carbons (Fsp3) is 0.562. The molecule has 22 heavy (non-hydrogen) atoms. The molecule has 0 saturated carbocycles. The third-order valence-corrected chi connectivity index (χ3v) is 3.33. The van der Waals surface area contributed by atoms with Crippen LogP contribution in [0, 0.1) is 0 Å². The van der Waals surface area contributed by atoms with E-state index in [9.17, 15) is 0 Å². The van der Waals surface area contributed by atoms with E-state index in [4.69, 9.17) is 21.1 Å². The SMILES string of the molecule is CCNC(=NCc1cc(Cl)c2c(c1)OCCCO2)NC(C)C. The number of hydrogen-bond donors (Lipinski definition) is 2. The van der Waals surface area contributed by atoms with Crippen molar-refractivity contribution in [3.63, 3.8) is 0 Å². The lowest BCUT2D eigenvalue weighted by Crippen LogP contribution is -2.40. The van der Waals surface area contributed by atoms with Gasteiger partial charge in [0, 0.05) is 19.0 Å². The maximum Gasteiger partial charge on any atom is 0.191 e. The molecule has 0 unspecified atom stereocenters. The van der Waals surface area contributed by atoms with E-state index in [1.807, 2.05) is 19.1 Å². The van der Waals surface area contributed by atoms with Gasteiger partial charge in [-0.25, -0.2) is 4.99 Å². The molecular formula is C16H24ClN3O2. The molecule has 6 heteroatoms. The second kappa shape index (κ2) is 8.13. The Balaban J connectivity index is 2.15. The van der Waals surface area contributed by atoms with Crippen LogP contribution in [-0.4, -0.2) is 31.8 Å². The first-order chi connectivity index (χ1) is 10.6. The Hall–Kier alpha value is -1.62. The molecule has 5 nitrogen and oxygen atoms in total. The van der Waals surface area contributed by atoms with Gasteiger partial charge >= 0.3 is 0 Å². The summed E-state index contributed by atoms with van der Waals surface area (Å²) in [6.45, 7) is 8.83. The van der Waals surface area contributed by atoms with E-state index in [-0.39, 0.29) is 0 Å². The number of nitrogens with zero attached hydrogens (tertiary/aromatic N) is 1. The maximum atomic E-state index is 6.30. The molecule has 2 rings (SSSR count). The van der Waals surface area contributed by atoms with Crippen molar-refractivity contribution in [2.75, 3.05) is 19.8 Å². The number of hydrogen-bond acceptors (Lipinski definition) is 3. The highest BCUT2D eigenvalue weighted by atomic mass is 35.5. The molecular weight excluding hydrogens is 302 g/mol. The van der Waals surface area contributed by atoms with E-state index >= 15 is 0 Å². The highest BCUT2D eigenvalue weighted by Gasteiger charge is 2.15. The van der Waals surface area contributed by atoms with Crippen LogP contribution < -0.4 is 20.1 Å². The van der Waals surface area contributed by atoms with E-state index < -0.39 is 0 Å². The maximum absolute atomic E-state index is 6.30. The molecule has 1 heterocycles. The topological polar surface area (TPSA) is 54.9 Å². The van der Waals surface area contributed by atoms with Crippen molar-refractivity contribution in [1.29, 1.82) is 0 Å². The van der Waals surface area contributed by atoms with Gasteiger partial charge in [0.1, 0.15) is 0 Å². The average molecular weight is 326 g/mol.